The number of carbonyl (C=O) groups excluding carboxylic acids is 5. The minimum atomic E-state index is -1.37. The molecule has 0 aromatic carbocycles. The molecule has 11 heteroatoms. The molecule has 11 nitrogen and oxygen atoms in total. The number of amides is 1. The molecule has 0 radical (unpaired) electrons. The smallest absolute Gasteiger partial charge is 0.305 e. The Bertz CT molecular complexity index is 604. The summed E-state index contributed by atoms with van der Waals surface area (Å²) in [4.78, 5) is 57.2. The van der Waals surface area contributed by atoms with E-state index in [4.69, 9.17) is 23.7 Å². The predicted octanol–water partition coefficient (Wildman–Crippen LogP) is -0.794. The molecule has 0 unspecified atom stereocenters. The normalized spacial score (nSPS) is 27.1. The van der Waals surface area contributed by atoms with E-state index in [0.29, 0.717) is 0 Å². The van der Waals surface area contributed by atoms with Crippen molar-refractivity contribution in [2.45, 2.75) is 65.3 Å². The van der Waals surface area contributed by atoms with Gasteiger partial charge in [-0.1, -0.05) is 0 Å². The van der Waals surface area contributed by atoms with Crippen LogP contribution in [-0.2, 0) is 47.7 Å². The van der Waals surface area contributed by atoms with Crippen LogP contribution in [0.5, 0.6) is 0 Å². The highest BCUT2D eigenvalue weighted by Gasteiger charge is 2.52. The second-order valence-electron chi connectivity index (χ2n) is 5.83. The maximum absolute atomic E-state index is 11.6. The van der Waals surface area contributed by atoms with Crippen molar-refractivity contribution >= 4 is 29.8 Å². The summed E-state index contributed by atoms with van der Waals surface area (Å²) in [5.74, 6) is -3.34. The van der Waals surface area contributed by atoms with E-state index in [0.717, 1.165) is 27.7 Å². The summed E-state index contributed by atoms with van der Waals surface area (Å²) in [6, 6.07) is -1.16. The van der Waals surface area contributed by atoms with Crippen molar-refractivity contribution in [2.24, 2.45) is 0 Å². The standard InChI is InChI=1S/C16H23NO10/c1-7(18)17-13-15(25-10(4)21)14(24-9(3)20)12(6-23-8(2)19)27-16(13)26-11(5)22/h12-16H,6H2,1-5H3,(H,17,18)/t12-,13+,14-,15-,16+/m0/s1. The van der Waals surface area contributed by atoms with Gasteiger partial charge in [0, 0.05) is 34.6 Å². The second-order valence-corrected chi connectivity index (χ2v) is 5.83. The zero-order valence-corrected chi connectivity index (χ0v) is 15.7. The third-order valence-corrected chi connectivity index (χ3v) is 3.35. The molecule has 1 N–H and O–H groups in total. The fourth-order valence-electron chi connectivity index (χ4n) is 2.55. The van der Waals surface area contributed by atoms with Crippen LogP contribution < -0.4 is 5.32 Å². The fraction of sp³-hybridized carbons (Fsp3) is 0.688. The number of ether oxygens (including phenoxy) is 5. The maximum Gasteiger partial charge on any atom is 0.305 e. The summed E-state index contributed by atoms with van der Waals surface area (Å²) in [5, 5.41) is 2.46. The number of carbonyl (C=O) groups is 5. The minimum Gasteiger partial charge on any atom is -0.463 e. The van der Waals surface area contributed by atoms with Crippen LogP contribution in [0.4, 0.5) is 0 Å². The first kappa shape index (κ1) is 22.4. The van der Waals surface area contributed by atoms with Crippen LogP contribution >= 0.6 is 0 Å². The summed E-state index contributed by atoms with van der Waals surface area (Å²) in [5.41, 5.74) is 0. The van der Waals surface area contributed by atoms with Crippen molar-refractivity contribution in [2.75, 3.05) is 6.61 Å². The van der Waals surface area contributed by atoms with E-state index < -0.39 is 60.4 Å². The van der Waals surface area contributed by atoms with Gasteiger partial charge in [0.25, 0.3) is 0 Å². The predicted molar refractivity (Wildman–Crippen MR) is 85.8 cm³/mol. The molecule has 0 saturated carbocycles. The average Bonchev–Trinajstić information content (AvgIpc) is 2.49. The van der Waals surface area contributed by atoms with E-state index in [2.05, 4.69) is 5.32 Å². The number of nitrogens with one attached hydrogen (secondary N) is 1. The Morgan fingerprint density at radius 2 is 1.30 bits per heavy atom. The van der Waals surface area contributed by atoms with E-state index in [1.165, 1.54) is 6.92 Å². The van der Waals surface area contributed by atoms with Gasteiger partial charge in [0.1, 0.15) is 18.8 Å². The lowest BCUT2D eigenvalue weighted by Crippen LogP contribution is -2.66. The quantitative estimate of drug-likeness (QED) is 0.453. The first-order chi connectivity index (χ1) is 12.5. The van der Waals surface area contributed by atoms with Gasteiger partial charge < -0.3 is 29.0 Å². The van der Waals surface area contributed by atoms with Gasteiger partial charge in [-0.15, -0.1) is 0 Å². The van der Waals surface area contributed by atoms with E-state index in [9.17, 15) is 24.0 Å². The van der Waals surface area contributed by atoms with E-state index in [1.807, 2.05) is 0 Å². The third kappa shape index (κ3) is 7.21. The highest BCUT2D eigenvalue weighted by molar-refractivity contribution is 5.74. The van der Waals surface area contributed by atoms with Gasteiger partial charge in [-0.25, -0.2) is 0 Å². The number of esters is 4. The number of hydrogen-bond donors (Lipinski definition) is 1. The Morgan fingerprint density at radius 1 is 0.778 bits per heavy atom. The highest BCUT2D eigenvalue weighted by Crippen LogP contribution is 2.28. The van der Waals surface area contributed by atoms with Crippen LogP contribution in [0, 0.1) is 0 Å². The lowest BCUT2D eigenvalue weighted by molar-refractivity contribution is -0.270. The van der Waals surface area contributed by atoms with Crippen LogP contribution in [0.25, 0.3) is 0 Å². The maximum atomic E-state index is 11.6. The average molecular weight is 389 g/mol. The first-order valence-corrected chi connectivity index (χ1v) is 8.08. The van der Waals surface area contributed by atoms with Crippen molar-refractivity contribution in [3.05, 3.63) is 0 Å². The SMILES string of the molecule is CC(=O)N[C@H]1[C@H](OC(C)=O)O[C@@H](COC(C)=O)[C@H](OC(C)=O)[C@H]1OC(C)=O. The molecule has 0 spiro atoms. The van der Waals surface area contributed by atoms with Crippen LogP contribution in [0.2, 0.25) is 0 Å². The topological polar surface area (TPSA) is 144 Å². The molecule has 152 valence electrons. The molecule has 1 aliphatic heterocycles. The lowest BCUT2D eigenvalue weighted by atomic mass is 9.96. The number of hydrogen-bond acceptors (Lipinski definition) is 10. The van der Waals surface area contributed by atoms with E-state index >= 15 is 0 Å². The first-order valence-electron chi connectivity index (χ1n) is 8.08. The van der Waals surface area contributed by atoms with Crippen LogP contribution in [0.1, 0.15) is 34.6 Å². The van der Waals surface area contributed by atoms with Crippen molar-refractivity contribution in [3.63, 3.8) is 0 Å². The summed E-state index contributed by atoms with van der Waals surface area (Å²) in [6.07, 6.45) is -4.97. The van der Waals surface area contributed by atoms with Gasteiger partial charge in [0.15, 0.2) is 12.2 Å². The molecule has 5 atom stereocenters. The third-order valence-electron chi connectivity index (χ3n) is 3.35. The van der Waals surface area contributed by atoms with Gasteiger partial charge in [0.05, 0.1) is 0 Å². The fourth-order valence-corrected chi connectivity index (χ4v) is 2.55. The molecule has 1 saturated heterocycles. The Balaban J connectivity index is 3.29. The molecule has 27 heavy (non-hydrogen) atoms. The van der Waals surface area contributed by atoms with Crippen LogP contribution in [0.3, 0.4) is 0 Å². The largest absolute Gasteiger partial charge is 0.463 e. The summed E-state index contributed by atoms with van der Waals surface area (Å²) < 4.78 is 25.9. The number of rotatable bonds is 6. The molecule has 0 bridgehead atoms. The summed E-state index contributed by atoms with van der Waals surface area (Å²) >= 11 is 0. The van der Waals surface area contributed by atoms with Gasteiger partial charge in [-0.05, 0) is 0 Å². The Kier molecular flexibility index (Phi) is 8.16. The molecule has 1 heterocycles. The Labute approximate surface area is 155 Å². The van der Waals surface area contributed by atoms with Crippen molar-refractivity contribution in [1.29, 1.82) is 0 Å². The summed E-state index contributed by atoms with van der Waals surface area (Å²) in [7, 11) is 0. The molecule has 0 aromatic heterocycles. The van der Waals surface area contributed by atoms with Gasteiger partial charge in [0.2, 0.25) is 12.2 Å². The van der Waals surface area contributed by atoms with Crippen molar-refractivity contribution in [1.82, 2.24) is 5.32 Å². The molecule has 1 amide bonds. The molecule has 1 fully saturated rings. The highest BCUT2D eigenvalue weighted by atomic mass is 16.7. The zero-order chi connectivity index (χ0) is 20.7. The Hall–Kier alpha value is -2.69. The molecule has 1 rings (SSSR count). The second kappa shape index (κ2) is 9.86. The van der Waals surface area contributed by atoms with Crippen molar-refractivity contribution in [3.8, 4) is 0 Å². The molecule has 0 aromatic rings. The van der Waals surface area contributed by atoms with Crippen molar-refractivity contribution < 1.29 is 47.7 Å². The minimum absolute atomic E-state index is 0.365. The molecule has 1 aliphatic rings. The molecular formula is C16H23NO10. The van der Waals surface area contributed by atoms with Gasteiger partial charge in [-0.2, -0.15) is 0 Å². The lowest BCUT2D eigenvalue weighted by Gasteiger charge is -2.44. The molecular weight excluding hydrogens is 366 g/mol. The molecule has 0 aliphatic carbocycles. The monoisotopic (exact) mass is 389 g/mol. The van der Waals surface area contributed by atoms with E-state index in [-0.39, 0.29) is 6.61 Å². The van der Waals surface area contributed by atoms with Crippen LogP contribution in [0.15, 0.2) is 0 Å². The van der Waals surface area contributed by atoms with Crippen LogP contribution in [-0.4, -0.2) is 67.0 Å². The van der Waals surface area contributed by atoms with Gasteiger partial charge >= 0.3 is 23.9 Å². The van der Waals surface area contributed by atoms with Gasteiger partial charge in [-0.3, -0.25) is 24.0 Å². The zero-order valence-electron chi connectivity index (χ0n) is 15.7. The van der Waals surface area contributed by atoms with E-state index in [1.54, 1.807) is 0 Å². The summed E-state index contributed by atoms with van der Waals surface area (Å²) in [6.45, 7) is 5.36. The Morgan fingerprint density at radius 3 is 1.74 bits per heavy atom.